The van der Waals surface area contributed by atoms with Gasteiger partial charge in [-0.2, -0.15) is 0 Å². The van der Waals surface area contributed by atoms with E-state index in [2.05, 4.69) is 6.92 Å². The Morgan fingerprint density at radius 3 is 1.35 bits per heavy atom. The van der Waals surface area contributed by atoms with Gasteiger partial charge in [-0.25, -0.2) is 4.39 Å². The molecule has 20 heavy (non-hydrogen) atoms. The molecule has 0 rings (SSSR count). The molecule has 2 heteroatoms. The van der Waals surface area contributed by atoms with Crippen molar-refractivity contribution in [1.29, 1.82) is 0 Å². The molecule has 0 aliphatic heterocycles. The summed E-state index contributed by atoms with van der Waals surface area (Å²) >= 11 is 0. The second kappa shape index (κ2) is 16.9. The maximum absolute atomic E-state index is 12.0. The Morgan fingerprint density at radius 2 is 1.00 bits per heavy atom. The molecule has 0 spiro atoms. The first kappa shape index (κ1) is 19.9. The van der Waals surface area contributed by atoms with Gasteiger partial charge in [0.15, 0.2) is 0 Å². The second-order valence-corrected chi connectivity index (χ2v) is 6.19. The third-order valence-corrected chi connectivity index (χ3v) is 4.07. The van der Waals surface area contributed by atoms with Crippen LogP contribution in [0, 0.1) is 0 Å². The normalized spacial score (nSPS) is 12.8. The van der Waals surface area contributed by atoms with E-state index in [1.807, 2.05) is 0 Å². The Balaban J connectivity index is 2.96. The van der Waals surface area contributed by atoms with Crippen molar-refractivity contribution in [1.82, 2.24) is 0 Å². The van der Waals surface area contributed by atoms with Crippen LogP contribution in [0.25, 0.3) is 0 Å². The maximum atomic E-state index is 12.0. The summed E-state index contributed by atoms with van der Waals surface area (Å²) in [6.07, 6.45) is 18.6. The van der Waals surface area contributed by atoms with E-state index >= 15 is 0 Å². The van der Waals surface area contributed by atoms with Crippen LogP contribution in [0.2, 0.25) is 0 Å². The van der Waals surface area contributed by atoms with Crippen LogP contribution >= 0.6 is 0 Å². The lowest BCUT2D eigenvalue weighted by Crippen LogP contribution is -2.07. The number of hydrogen-bond acceptors (Lipinski definition) is 1. The lowest BCUT2D eigenvalue weighted by atomic mass is 10.0. The average Bonchev–Trinajstić information content (AvgIpc) is 2.47. The Kier molecular flexibility index (Phi) is 16.8. The standard InChI is InChI=1S/C18H37FO/c1-2-3-4-5-6-7-8-9-10-11-12-13-14-15-16-18(20)17-19/h18,20H,2-17H2,1H3. The highest BCUT2D eigenvalue weighted by atomic mass is 19.1. The fourth-order valence-corrected chi connectivity index (χ4v) is 2.65. The van der Waals surface area contributed by atoms with E-state index in [1.165, 1.54) is 77.0 Å². The highest BCUT2D eigenvalue weighted by molar-refractivity contribution is 4.54. The van der Waals surface area contributed by atoms with Crippen molar-refractivity contribution in [2.24, 2.45) is 0 Å². The van der Waals surface area contributed by atoms with Crippen LogP contribution in [0.4, 0.5) is 4.39 Å². The SMILES string of the molecule is CCCCCCCCCCCCCCCCC(O)CF. The summed E-state index contributed by atoms with van der Waals surface area (Å²) in [6, 6.07) is 0. The fraction of sp³-hybridized carbons (Fsp3) is 1.00. The molecular formula is C18H37FO. The molecule has 0 aliphatic rings. The quantitative estimate of drug-likeness (QED) is 0.336. The number of unbranched alkanes of at least 4 members (excludes halogenated alkanes) is 13. The molecule has 0 radical (unpaired) electrons. The predicted molar refractivity (Wildman–Crippen MR) is 86.9 cm³/mol. The largest absolute Gasteiger partial charge is 0.390 e. The first-order valence-corrected chi connectivity index (χ1v) is 9.05. The first-order chi connectivity index (χ1) is 9.81. The summed E-state index contributed by atoms with van der Waals surface area (Å²) in [5, 5.41) is 9.07. The minimum Gasteiger partial charge on any atom is -0.390 e. The number of hydrogen-bond donors (Lipinski definition) is 1. The third-order valence-electron chi connectivity index (χ3n) is 4.07. The lowest BCUT2D eigenvalue weighted by Gasteiger charge is -2.05. The smallest absolute Gasteiger partial charge is 0.115 e. The van der Waals surface area contributed by atoms with Crippen LogP contribution in [0.3, 0.4) is 0 Å². The molecule has 0 aromatic rings. The summed E-state index contributed by atoms with van der Waals surface area (Å²) in [6.45, 7) is 1.68. The van der Waals surface area contributed by atoms with Gasteiger partial charge in [-0.1, -0.05) is 96.8 Å². The molecule has 1 N–H and O–H groups in total. The minimum atomic E-state index is -0.715. The molecule has 1 nitrogen and oxygen atoms in total. The zero-order chi connectivity index (χ0) is 14.9. The molecule has 1 unspecified atom stereocenters. The van der Waals surface area contributed by atoms with E-state index in [-0.39, 0.29) is 0 Å². The zero-order valence-electron chi connectivity index (χ0n) is 13.7. The highest BCUT2D eigenvalue weighted by Gasteiger charge is 2.01. The van der Waals surface area contributed by atoms with E-state index in [1.54, 1.807) is 0 Å². The van der Waals surface area contributed by atoms with Crippen molar-refractivity contribution < 1.29 is 9.50 Å². The maximum Gasteiger partial charge on any atom is 0.115 e. The predicted octanol–water partition coefficient (Wildman–Crippen LogP) is 6.19. The van der Waals surface area contributed by atoms with Gasteiger partial charge >= 0.3 is 0 Å². The molecule has 0 saturated carbocycles. The molecule has 0 heterocycles. The number of aliphatic hydroxyl groups is 1. The zero-order valence-corrected chi connectivity index (χ0v) is 13.7. The Bertz CT molecular complexity index is 173. The fourth-order valence-electron chi connectivity index (χ4n) is 2.65. The first-order valence-electron chi connectivity index (χ1n) is 9.05. The molecular weight excluding hydrogens is 251 g/mol. The summed E-state index contributed by atoms with van der Waals surface area (Å²) in [5.41, 5.74) is 0. The average molecular weight is 288 g/mol. The molecule has 0 saturated heterocycles. The van der Waals surface area contributed by atoms with E-state index in [0.717, 1.165) is 12.8 Å². The monoisotopic (exact) mass is 288 g/mol. The van der Waals surface area contributed by atoms with Gasteiger partial charge in [0.2, 0.25) is 0 Å². The van der Waals surface area contributed by atoms with Crippen LogP contribution in [0.15, 0.2) is 0 Å². The topological polar surface area (TPSA) is 20.2 Å². The Labute approximate surface area is 126 Å². The number of halogens is 1. The van der Waals surface area contributed by atoms with Crippen molar-refractivity contribution >= 4 is 0 Å². The minimum absolute atomic E-state index is 0.585. The van der Waals surface area contributed by atoms with Gasteiger partial charge in [-0.05, 0) is 6.42 Å². The summed E-state index contributed by atoms with van der Waals surface area (Å²) in [5.74, 6) is 0. The molecule has 0 bridgehead atoms. The van der Waals surface area contributed by atoms with Crippen LogP contribution in [-0.2, 0) is 0 Å². The molecule has 1 atom stereocenters. The van der Waals surface area contributed by atoms with Crippen LogP contribution in [0.5, 0.6) is 0 Å². The van der Waals surface area contributed by atoms with Gasteiger partial charge in [0.25, 0.3) is 0 Å². The lowest BCUT2D eigenvalue weighted by molar-refractivity contribution is 0.128. The molecule has 0 aromatic carbocycles. The van der Waals surface area contributed by atoms with Crippen molar-refractivity contribution in [3.8, 4) is 0 Å². The summed E-state index contributed by atoms with van der Waals surface area (Å²) in [4.78, 5) is 0. The van der Waals surface area contributed by atoms with Crippen molar-refractivity contribution in [2.45, 2.75) is 109 Å². The second-order valence-electron chi connectivity index (χ2n) is 6.19. The summed E-state index contributed by atoms with van der Waals surface area (Å²) in [7, 11) is 0. The van der Waals surface area contributed by atoms with Crippen LogP contribution in [-0.4, -0.2) is 17.9 Å². The number of alkyl halides is 1. The number of rotatable bonds is 16. The van der Waals surface area contributed by atoms with Gasteiger partial charge in [0.1, 0.15) is 6.67 Å². The van der Waals surface area contributed by atoms with Crippen molar-refractivity contribution in [3.05, 3.63) is 0 Å². The molecule has 122 valence electrons. The van der Waals surface area contributed by atoms with E-state index in [0.29, 0.717) is 6.42 Å². The molecule has 0 fully saturated rings. The van der Waals surface area contributed by atoms with E-state index < -0.39 is 12.8 Å². The third kappa shape index (κ3) is 15.9. The Hall–Kier alpha value is -0.110. The highest BCUT2D eigenvalue weighted by Crippen LogP contribution is 2.13. The van der Waals surface area contributed by atoms with Gasteiger partial charge in [0.05, 0.1) is 6.10 Å². The Morgan fingerprint density at radius 1 is 0.650 bits per heavy atom. The molecule has 0 amide bonds. The van der Waals surface area contributed by atoms with Gasteiger partial charge in [0, 0.05) is 0 Å². The van der Waals surface area contributed by atoms with Crippen molar-refractivity contribution in [2.75, 3.05) is 6.67 Å². The van der Waals surface area contributed by atoms with E-state index in [4.69, 9.17) is 5.11 Å². The van der Waals surface area contributed by atoms with Gasteiger partial charge < -0.3 is 5.11 Å². The molecule has 0 aliphatic carbocycles. The summed E-state index contributed by atoms with van der Waals surface area (Å²) < 4.78 is 12.0. The van der Waals surface area contributed by atoms with Crippen molar-refractivity contribution in [3.63, 3.8) is 0 Å². The number of aliphatic hydroxyl groups excluding tert-OH is 1. The van der Waals surface area contributed by atoms with Gasteiger partial charge in [-0.15, -0.1) is 0 Å². The van der Waals surface area contributed by atoms with Crippen LogP contribution < -0.4 is 0 Å². The molecule has 0 aromatic heterocycles. The van der Waals surface area contributed by atoms with Crippen LogP contribution in [0.1, 0.15) is 103 Å². The van der Waals surface area contributed by atoms with E-state index in [9.17, 15) is 4.39 Å². The van der Waals surface area contributed by atoms with Gasteiger partial charge in [-0.3, -0.25) is 0 Å².